The average molecular weight is 220 g/mol. The number of aliphatic hydroxyl groups is 2. The summed E-state index contributed by atoms with van der Waals surface area (Å²) in [6, 6.07) is 0.997. The highest BCUT2D eigenvalue weighted by atomic mass is 28.4. The SMILES string of the molecule is CCO[Si](C)(C)CCC(CC)C(O)O. The monoisotopic (exact) mass is 220 g/mol. The summed E-state index contributed by atoms with van der Waals surface area (Å²) in [4.78, 5) is 0. The van der Waals surface area contributed by atoms with E-state index >= 15 is 0 Å². The van der Waals surface area contributed by atoms with Crippen LogP contribution in [-0.4, -0.2) is 31.4 Å². The van der Waals surface area contributed by atoms with Crippen molar-refractivity contribution >= 4 is 8.32 Å². The highest BCUT2D eigenvalue weighted by Gasteiger charge is 2.24. The largest absolute Gasteiger partial charge is 0.418 e. The number of aliphatic hydroxyl groups excluding tert-OH is 1. The van der Waals surface area contributed by atoms with Gasteiger partial charge in [-0.25, -0.2) is 0 Å². The minimum Gasteiger partial charge on any atom is -0.418 e. The number of hydrogen-bond donors (Lipinski definition) is 2. The third kappa shape index (κ3) is 5.75. The summed E-state index contributed by atoms with van der Waals surface area (Å²) in [6.45, 7) is 9.10. The molecule has 1 atom stereocenters. The van der Waals surface area contributed by atoms with Crippen LogP contribution in [0.15, 0.2) is 0 Å². The Morgan fingerprint density at radius 2 is 1.79 bits per heavy atom. The minimum absolute atomic E-state index is 0.00207. The van der Waals surface area contributed by atoms with Gasteiger partial charge in [-0.1, -0.05) is 6.92 Å². The van der Waals surface area contributed by atoms with Gasteiger partial charge in [-0.2, -0.15) is 0 Å². The third-order valence-corrected chi connectivity index (χ3v) is 5.16. The lowest BCUT2D eigenvalue weighted by Gasteiger charge is -2.25. The molecule has 1 unspecified atom stereocenters. The van der Waals surface area contributed by atoms with Gasteiger partial charge in [-0.3, -0.25) is 0 Å². The third-order valence-electron chi connectivity index (χ3n) is 2.60. The van der Waals surface area contributed by atoms with Crippen molar-refractivity contribution in [3.05, 3.63) is 0 Å². The Bertz CT molecular complexity index is 148. The molecule has 0 aromatic carbocycles. The zero-order valence-electron chi connectivity index (χ0n) is 9.79. The zero-order valence-corrected chi connectivity index (χ0v) is 10.8. The summed E-state index contributed by atoms with van der Waals surface area (Å²) in [7, 11) is -1.55. The summed E-state index contributed by atoms with van der Waals surface area (Å²) in [5, 5.41) is 18.1. The molecule has 0 aliphatic rings. The number of hydrogen-bond acceptors (Lipinski definition) is 3. The normalized spacial score (nSPS) is 14.8. The van der Waals surface area contributed by atoms with Gasteiger partial charge >= 0.3 is 0 Å². The van der Waals surface area contributed by atoms with Gasteiger partial charge in [0.25, 0.3) is 0 Å². The van der Waals surface area contributed by atoms with E-state index in [0.29, 0.717) is 0 Å². The van der Waals surface area contributed by atoms with Gasteiger partial charge in [0.05, 0.1) is 0 Å². The molecule has 0 saturated heterocycles. The molecule has 0 saturated carbocycles. The van der Waals surface area contributed by atoms with E-state index in [1.807, 2.05) is 13.8 Å². The van der Waals surface area contributed by atoms with Crippen LogP contribution in [0.3, 0.4) is 0 Å². The van der Waals surface area contributed by atoms with Gasteiger partial charge in [0.15, 0.2) is 14.6 Å². The molecule has 0 radical (unpaired) electrons. The Morgan fingerprint density at radius 1 is 1.21 bits per heavy atom. The summed E-state index contributed by atoms with van der Waals surface area (Å²) in [6.07, 6.45) is 0.494. The van der Waals surface area contributed by atoms with E-state index in [1.54, 1.807) is 0 Å². The summed E-state index contributed by atoms with van der Waals surface area (Å²) < 4.78 is 5.68. The van der Waals surface area contributed by atoms with Crippen LogP contribution in [0, 0.1) is 5.92 Å². The van der Waals surface area contributed by atoms with E-state index in [9.17, 15) is 0 Å². The first-order chi connectivity index (χ1) is 6.43. The van der Waals surface area contributed by atoms with Crippen LogP contribution >= 0.6 is 0 Å². The van der Waals surface area contributed by atoms with Crippen LogP contribution in [0.25, 0.3) is 0 Å². The molecule has 0 rings (SSSR count). The van der Waals surface area contributed by atoms with Crippen LogP contribution in [0.5, 0.6) is 0 Å². The number of rotatable bonds is 7. The maximum absolute atomic E-state index is 9.07. The van der Waals surface area contributed by atoms with E-state index in [4.69, 9.17) is 14.6 Å². The second-order valence-corrected chi connectivity index (χ2v) is 8.62. The van der Waals surface area contributed by atoms with Crippen LogP contribution in [0.4, 0.5) is 0 Å². The van der Waals surface area contributed by atoms with Crippen LogP contribution in [0.1, 0.15) is 26.7 Å². The first kappa shape index (κ1) is 14.1. The van der Waals surface area contributed by atoms with E-state index in [1.165, 1.54) is 0 Å². The van der Waals surface area contributed by atoms with Crippen LogP contribution < -0.4 is 0 Å². The molecule has 3 nitrogen and oxygen atoms in total. The Morgan fingerprint density at radius 3 is 2.14 bits per heavy atom. The first-order valence-corrected chi connectivity index (χ1v) is 8.54. The van der Waals surface area contributed by atoms with Crippen molar-refractivity contribution in [2.75, 3.05) is 6.61 Å². The Balaban J connectivity index is 3.89. The summed E-state index contributed by atoms with van der Waals surface area (Å²) in [5.74, 6) is 0.00207. The predicted octanol–water partition coefficient (Wildman–Crippen LogP) is 1.96. The molecule has 0 aliphatic carbocycles. The van der Waals surface area contributed by atoms with Crippen molar-refractivity contribution < 1.29 is 14.6 Å². The Hall–Kier alpha value is 0.0969. The van der Waals surface area contributed by atoms with E-state index in [0.717, 1.165) is 25.5 Å². The quantitative estimate of drug-likeness (QED) is 0.509. The lowest BCUT2D eigenvalue weighted by Crippen LogP contribution is -2.32. The molecule has 0 heterocycles. The summed E-state index contributed by atoms with van der Waals surface area (Å²) >= 11 is 0. The van der Waals surface area contributed by atoms with Crippen molar-refractivity contribution in [1.82, 2.24) is 0 Å². The molecule has 0 spiro atoms. The second kappa shape index (κ2) is 6.56. The lowest BCUT2D eigenvalue weighted by molar-refractivity contribution is -0.0855. The molecule has 4 heteroatoms. The fourth-order valence-corrected chi connectivity index (χ4v) is 3.55. The van der Waals surface area contributed by atoms with Gasteiger partial charge in [0.2, 0.25) is 0 Å². The molecule has 0 amide bonds. The van der Waals surface area contributed by atoms with Crippen molar-refractivity contribution in [3.63, 3.8) is 0 Å². The second-order valence-electron chi connectivity index (χ2n) is 4.31. The predicted molar refractivity (Wildman–Crippen MR) is 60.5 cm³/mol. The average Bonchev–Trinajstić information content (AvgIpc) is 2.04. The fraction of sp³-hybridized carbons (Fsp3) is 1.00. The van der Waals surface area contributed by atoms with Crippen molar-refractivity contribution in [2.24, 2.45) is 5.92 Å². The molecule has 0 bridgehead atoms. The van der Waals surface area contributed by atoms with Crippen molar-refractivity contribution in [2.45, 2.75) is 52.1 Å². The Kier molecular flexibility index (Phi) is 6.60. The van der Waals surface area contributed by atoms with E-state index < -0.39 is 14.6 Å². The fourth-order valence-electron chi connectivity index (χ4n) is 1.56. The van der Waals surface area contributed by atoms with E-state index in [2.05, 4.69) is 13.1 Å². The minimum atomic E-state index is -1.55. The lowest BCUT2D eigenvalue weighted by atomic mass is 10.0. The summed E-state index contributed by atoms with van der Waals surface area (Å²) in [5.41, 5.74) is 0. The van der Waals surface area contributed by atoms with E-state index in [-0.39, 0.29) is 5.92 Å². The topological polar surface area (TPSA) is 49.7 Å². The molecule has 0 aliphatic heterocycles. The molecule has 2 N–H and O–H groups in total. The van der Waals surface area contributed by atoms with Gasteiger partial charge in [-0.15, -0.1) is 0 Å². The standard InChI is InChI=1S/C10H24O3Si/c1-5-9(10(11)12)7-8-14(3,4)13-6-2/h9-12H,5-8H2,1-4H3. The molecule has 0 aromatic rings. The maximum Gasteiger partial charge on any atom is 0.186 e. The van der Waals surface area contributed by atoms with Crippen LogP contribution in [0.2, 0.25) is 19.1 Å². The Labute approximate surface area is 88.2 Å². The van der Waals surface area contributed by atoms with Crippen molar-refractivity contribution in [3.8, 4) is 0 Å². The molecule has 86 valence electrons. The highest BCUT2D eigenvalue weighted by molar-refractivity contribution is 6.71. The zero-order chi connectivity index (χ0) is 11.2. The van der Waals surface area contributed by atoms with Gasteiger partial charge in [0.1, 0.15) is 0 Å². The van der Waals surface area contributed by atoms with Crippen LogP contribution in [-0.2, 0) is 4.43 Å². The van der Waals surface area contributed by atoms with Gasteiger partial charge in [-0.05, 0) is 38.9 Å². The molecule has 14 heavy (non-hydrogen) atoms. The highest BCUT2D eigenvalue weighted by Crippen LogP contribution is 2.21. The maximum atomic E-state index is 9.07. The smallest absolute Gasteiger partial charge is 0.186 e. The van der Waals surface area contributed by atoms with Crippen molar-refractivity contribution in [1.29, 1.82) is 0 Å². The molecule has 0 aromatic heterocycles. The first-order valence-electron chi connectivity index (χ1n) is 5.43. The van der Waals surface area contributed by atoms with Gasteiger partial charge in [0, 0.05) is 12.5 Å². The van der Waals surface area contributed by atoms with Gasteiger partial charge < -0.3 is 14.6 Å². The molecule has 0 fully saturated rings. The molecular formula is C10H24O3Si. The molecular weight excluding hydrogens is 196 g/mol.